The number of sulfonamides is 1. The Labute approximate surface area is 147 Å². The minimum atomic E-state index is -3.69. The molecule has 2 aromatic rings. The fourth-order valence-electron chi connectivity index (χ4n) is 2.80. The van der Waals surface area contributed by atoms with Crippen LogP contribution in [0.3, 0.4) is 0 Å². The number of hydrogen-bond acceptors (Lipinski definition) is 3. The van der Waals surface area contributed by atoms with Gasteiger partial charge in [0.15, 0.2) is 0 Å². The molecule has 0 bridgehead atoms. The maximum Gasteiger partial charge on any atom is 0.265 e. The molecule has 0 atom stereocenters. The van der Waals surface area contributed by atoms with Gasteiger partial charge >= 0.3 is 0 Å². The predicted octanol–water partition coefficient (Wildman–Crippen LogP) is 3.79. The third-order valence-corrected chi connectivity index (χ3v) is 6.20. The van der Waals surface area contributed by atoms with Crippen molar-refractivity contribution in [2.75, 3.05) is 16.6 Å². The first-order valence-electron chi connectivity index (χ1n) is 7.07. The molecule has 3 rings (SSSR count). The minimum Gasteiger partial charge on any atom is -0.398 e. The maximum absolute atomic E-state index is 13.0. The summed E-state index contributed by atoms with van der Waals surface area (Å²) in [5.41, 5.74) is 9.09. The van der Waals surface area contributed by atoms with Crippen LogP contribution in [0.25, 0.3) is 0 Å². The average Bonchev–Trinajstić information content (AvgIpc) is 2.46. The van der Waals surface area contributed by atoms with Crippen LogP contribution in [0.4, 0.5) is 11.4 Å². The fraction of sp³-hybridized carbons (Fsp3) is 0.250. The van der Waals surface area contributed by atoms with Gasteiger partial charge in [-0.25, -0.2) is 8.42 Å². The Morgan fingerprint density at radius 2 is 1.96 bits per heavy atom. The van der Waals surface area contributed by atoms with Gasteiger partial charge in [0.2, 0.25) is 0 Å². The molecule has 0 aliphatic carbocycles. The first kappa shape index (κ1) is 17.9. The normalized spacial score (nSPS) is 14.1. The Morgan fingerprint density at radius 3 is 2.65 bits per heavy atom. The Bertz CT molecular complexity index is 838. The zero-order valence-electron chi connectivity index (χ0n) is 12.6. The molecule has 1 heterocycles. The van der Waals surface area contributed by atoms with E-state index in [0.29, 0.717) is 17.9 Å². The van der Waals surface area contributed by atoms with Crippen molar-refractivity contribution >= 4 is 45.4 Å². The summed E-state index contributed by atoms with van der Waals surface area (Å²) in [6, 6.07) is 10.4. The summed E-state index contributed by atoms with van der Waals surface area (Å²) in [5.74, 6) is 0. The molecule has 7 heteroatoms. The number of aryl methyl sites for hydroxylation is 1. The van der Waals surface area contributed by atoms with Crippen molar-refractivity contribution in [2.24, 2.45) is 0 Å². The highest BCUT2D eigenvalue weighted by Gasteiger charge is 2.31. The third kappa shape index (κ3) is 3.13. The van der Waals surface area contributed by atoms with E-state index in [1.165, 1.54) is 4.31 Å². The third-order valence-electron chi connectivity index (χ3n) is 3.90. The van der Waals surface area contributed by atoms with Crippen molar-refractivity contribution in [1.29, 1.82) is 0 Å². The molecule has 23 heavy (non-hydrogen) atoms. The summed E-state index contributed by atoms with van der Waals surface area (Å²) in [5, 5.41) is 0.246. The molecular formula is C16H18Cl2N2O2S. The quantitative estimate of drug-likeness (QED) is 0.815. The molecule has 4 nitrogen and oxygen atoms in total. The smallest absolute Gasteiger partial charge is 0.265 e. The van der Waals surface area contributed by atoms with Crippen LogP contribution in [0.15, 0.2) is 41.3 Å². The molecule has 1 aliphatic heterocycles. The van der Waals surface area contributed by atoms with Gasteiger partial charge in [0, 0.05) is 12.2 Å². The first-order chi connectivity index (χ1) is 10.4. The van der Waals surface area contributed by atoms with Crippen LogP contribution in [0, 0.1) is 6.92 Å². The number of nitrogen functional groups attached to an aromatic ring is 1. The Morgan fingerprint density at radius 1 is 1.22 bits per heavy atom. The van der Waals surface area contributed by atoms with Crippen LogP contribution in [0.2, 0.25) is 5.02 Å². The van der Waals surface area contributed by atoms with Gasteiger partial charge in [0.05, 0.1) is 10.7 Å². The number of nitrogens with zero attached hydrogens (tertiary/aromatic N) is 1. The molecule has 0 saturated carbocycles. The molecule has 0 unspecified atom stereocenters. The summed E-state index contributed by atoms with van der Waals surface area (Å²) >= 11 is 6.16. The van der Waals surface area contributed by atoms with E-state index in [2.05, 4.69) is 0 Å². The van der Waals surface area contributed by atoms with Gasteiger partial charge in [0.1, 0.15) is 4.90 Å². The van der Waals surface area contributed by atoms with E-state index >= 15 is 0 Å². The van der Waals surface area contributed by atoms with Crippen LogP contribution >= 0.6 is 24.0 Å². The number of benzene rings is 2. The standard InChI is InChI=1S/C16H17ClN2O2S.ClH/c1-11-7-8-16(13(17)10-11)22(20,21)19-9-3-4-12-14(18)5-2-6-15(12)19;/h2,5-8,10H,3-4,9,18H2,1H3;1H. The van der Waals surface area contributed by atoms with Gasteiger partial charge in [-0.05, 0) is 55.2 Å². The molecule has 0 saturated heterocycles. The van der Waals surface area contributed by atoms with Gasteiger partial charge < -0.3 is 5.73 Å². The number of halogens is 2. The molecule has 0 radical (unpaired) electrons. The lowest BCUT2D eigenvalue weighted by Gasteiger charge is -2.31. The van der Waals surface area contributed by atoms with E-state index in [0.717, 1.165) is 24.0 Å². The lowest BCUT2D eigenvalue weighted by Crippen LogP contribution is -2.35. The summed E-state index contributed by atoms with van der Waals surface area (Å²) in [4.78, 5) is 0.134. The minimum absolute atomic E-state index is 0. The van der Waals surface area contributed by atoms with Crippen LogP contribution < -0.4 is 10.0 Å². The average molecular weight is 373 g/mol. The van der Waals surface area contributed by atoms with E-state index in [1.807, 2.05) is 6.92 Å². The van der Waals surface area contributed by atoms with E-state index in [-0.39, 0.29) is 22.3 Å². The van der Waals surface area contributed by atoms with Crippen LogP contribution in [-0.4, -0.2) is 15.0 Å². The number of nitrogens with two attached hydrogens (primary N) is 1. The van der Waals surface area contributed by atoms with Gasteiger partial charge in [-0.15, -0.1) is 12.4 Å². The largest absolute Gasteiger partial charge is 0.398 e. The van der Waals surface area contributed by atoms with E-state index in [4.69, 9.17) is 17.3 Å². The predicted molar refractivity (Wildman–Crippen MR) is 97.1 cm³/mol. The van der Waals surface area contributed by atoms with Crippen molar-refractivity contribution in [2.45, 2.75) is 24.7 Å². The highest BCUT2D eigenvalue weighted by Crippen LogP contribution is 2.36. The van der Waals surface area contributed by atoms with Gasteiger partial charge in [-0.2, -0.15) is 0 Å². The molecule has 0 amide bonds. The second kappa shape index (κ2) is 6.59. The highest BCUT2D eigenvalue weighted by molar-refractivity contribution is 7.93. The molecular weight excluding hydrogens is 355 g/mol. The number of fused-ring (bicyclic) bond motifs is 1. The maximum atomic E-state index is 13.0. The van der Waals surface area contributed by atoms with Crippen molar-refractivity contribution < 1.29 is 8.42 Å². The van der Waals surface area contributed by atoms with Crippen molar-refractivity contribution in [3.8, 4) is 0 Å². The molecule has 2 aromatic carbocycles. The van der Waals surface area contributed by atoms with Crippen molar-refractivity contribution in [3.05, 3.63) is 52.5 Å². The summed E-state index contributed by atoms with van der Waals surface area (Å²) in [7, 11) is -3.69. The van der Waals surface area contributed by atoms with Gasteiger partial charge in [-0.1, -0.05) is 23.7 Å². The molecule has 0 spiro atoms. The zero-order chi connectivity index (χ0) is 15.9. The van der Waals surface area contributed by atoms with Crippen LogP contribution in [0.1, 0.15) is 17.5 Å². The first-order valence-corrected chi connectivity index (χ1v) is 8.89. The molecule has 124 valence electrons. The van der Waals surface area contributed by atoms with E-state index in [9.17, 15) is 8.42 Å². The second-order valence-electron chi connectivity index (χ2n) is 5.46. The Balaban J connectivity index is 0.00000192. The molecule has 0 fully saturated rings. The summed E-state index contributed by atoms with van der Waals surface area (Å²) in [6.45, 7) is 2.31. The van der Waals surface area contributed by atoms with E-state index < -0.39 is 10.0 Å². The lowest BCUT2D eigenvalue weighted by atomic mass is 10.0. The lowest BCUT2D eigenvalue weighted by molar-refractivity contribution is 0.586. The van der Waals surface area contributed by atoms with Gasteiger partial charge in [0.25, 0.3) is 10.0 Å². The Kier molecular flexibility index (Phi) is 5.14. The van der Waals surface area contributed by atoms with Crippen LogP contribution in [0.5, 0.6) is 0 Å². The van der Waals surface area contributed by atoms with Crippen molar-refractivity contribution in [1.82, 2.24) is 0 Å². The summed E-state index contributed by atoms with van der Waals surface area (Å²) < 4.78 is 27.4. The monoisotopic (exact) mass is 372 g/mol. The SMILES string of the molecule is Cc1ccc(S(=O)(=O)N2CCCc3c(N)cccc32)c(Cl)c1.Cl. The highest BCUT2D eigenvalue weighted by atomic mass is 35.5. The molecule has 0 aromatic heterocycles. The van der Waals surface area contributed by atoms with E-state index in [1.54, 1.807) is 36.4 Å². The fourth-order valence-corrected chi connectivity index (χ4v) is 4.91. The number of anilines is 2. The number of hydrogen-bond donors (Lipinski definition) is 1. The second-order valence-corrected chi connectivity index (χ2v) is 7.70. The summed E-state index contributed by atoms with van der Waals surface area (Å²) in [6.07, 6.45) is 1.53. The van der Waals surface area contributed by atoms with Gasteiger partial charge in [-0.3, -0.25) is 4.31 Å². The zero-order valence-corrected chi connectivity index (χ0v) is 15.0. The Hall–Kier alpha value is -1.43. The van der Waals surface area contributed by atoms with Crippen molar-refractivity contribution in [3.63, 3.8) is 0 Å². The molecule has 2 N–H and O–H groups in total. The van der Waals surface area contributed by atoms with Crippen LogP contribution in [-0.2, 0) is 16.4 Å². The topological polar surface area (TPSA) is 63.4 Å². The molecule has 1 aliphatic rings. The number of rotatable bonds is 2.